The highest BCUT2D eigenvalue weighted by Gasteiger charge is 2.11. The maximum absolute atomic E-state index is 12.7. The molecule has 2 rings (SSSR count). The summed E-state index contributed by atoms with van der Waals surface area (Å²) in [5, 5.41) is 6.28. The normalized spacial score (nSPS) is 11.4. The molecule has 2 aromatic carbocycles. The molecule has 0 saturated carbocycles. The quantitative estimate of drug-likeness (QED) is 0.465. The van der Waals surface area contributed by atoms with Gasteiger partial charge in [-0.2, -0.15) is 8.78 Å². The third kappa shape index (κ3) is 7.57. The minimum absolute atomic E-state index is 0.0953. The number of benzene rings is 2. The second-order valence-corrected chi connectivity index (χ2v) is 6.15. The molecule has 0 fully saturated rings. The summed E-state index contributed by atoms with van der Waals surface area (Å²) in [5.74, 6) is 1.22. The predicted octanol–water partition coefficient (Wildman–Crippen LogP) is 3.70. The first-order valence-corrected chi connectivity index (χ1v) is 9.26. The van der Waals surface area contributed by atoms with Crippen LogP contribution in [0.15, 0.2) is 47.5 Å². The van der Waals surface area contributed by atoms with Gasteiger partial charge in [0.1, 0.15) is 11.5 Å². The van der Waals surface area contributed by atoms with Crippen LogP contribution in [-0.2, 0) is 24.4 Å². The summed E-state index contributed by atoms with van der Waals surface area (Å²) in [6.45, 7) is 1.01. The molecule has 0 unspecified atom stereocenters. The van der Waals surface area contributed by atoms with Gasteiger partial charge in [0.25, 0.3) is 0 Å². The van der Waals surface area contributed by atoms with Gasteiger partial charge in [-0.15, -0.1) is 0 Å². The van der Waals surface area contributed by atoms with Crippen molar-refractivity contribution in [2.45, 2.75) is 33.2 Å². The topological polar surface area (TPSA) is 64.1 Å². The van der Waals surface area contributed by atoms with Crippen LogP contribution >= 0.6 is 0 Å². The van der Waals surface area contributed by atoms with E-state index in [4.69, 9.17) is 9.47 Å². The van der Waals surface area contributed by atoms with Crippen molar-refractivity contribution in [3.05, 3.63) is 59.2 Å². The summed E-state index contributed by atoms with van der Waals surface area (Å²) in [4.78, 5) is 4.55. The third-order valence-electron chi connectivity index (χ3n) is 4.03. The van der Waals surface area contributed by atoms with Crippen LogP contribution in [0.1, 0.15) is 23.6 Å². The maximum Gasteiger partial charge on any atom is 0.387 e. The molecule has 0 atom stereocenters. The van der Waals surface area contributed by atoms with Crippen LogP contribution in [0.5, 0.6) is 11.5 Å². The lowest BCUT2D eigenvalue weighted by Crippen LogP contribution is -2.36. The summed E-state index contributed by atoms with van der Waals surface area (Å²) >= 11 is 0. The highest BCUT2D eigenvalue weighted by molar-refractivity contribution is 5.79. The number of rotatable bonds is 10. The Kier molecular flexibility index (Phi) is 9.17. The van der Waals surface area contributed by atoms with Gasteiger partial charge in [0.05, 0.1) is 20.3 Å². The standard InChI is InChI=1S/C21H27F2N3O3/c1-4-24-21(25-12-15-5-7-16(8-6-15)14-27-2)26-13-17-11-18(28-3)9-10-19(17)29-20(22)23/h5-11,20H,4,12-14H2,1-3H3,(H2,24,25,26). The van der Waals surface area contributed by atoms with Crippen LogP contribution in [0.4, 0.5) is 8.78 Å². The number of hydrogen-bond acceptors (Lipinski definition) is 4. The molecule has 8 heteroatoms. The first kappa shape index (κ1) is 22.4. The van der Waals surface area contributed by atoms with Crippen LogP contribution < -0.4 is 20.1 Å². The van der Waals surface area contributed by atoms with E-state index in [1.807, 2.05) is 31.2 Å². The zero-order valence-corrected chi connectivity index (χ0v) is 16.9. The van der Waals surface area contributed by atoms with Crippen LogP contribution in [0.3, 0.4) is 0 Å². The molecule has 29 heavy (non-hydrogen) atoms. The Labute approximate surface area is 169 Å². The zero-order chi connectivity index (χ0) is 21.1. The molecule has 6 nitrogen and oxygen atoms in total. The number of methoxy groups -OCH3 is 2. The number of guanidine groups is 1. The Morgan fingerprint density at radius 3 is 2.38 bits per heavy atom. The van der Waals surface area contributed by atoms with Gasteiger partial charge in [0.15, 0.2) is 5.96 Å². The van der Waals surface area contributed by atoms with Gasteiger partial charge in [0, 0.05) is 25.8 Å². The molecule has 0 aliphatic rings. The Hall–Kier alpha value is -2.87. The van der Waals surface area contributed by atoms with Crippen LogP contribution in [0, 0.1) is 0 Å². The molecule has 0 radical (unpaired) electrons. The Balaban J connectivity index is 2.07. The molecular weight excluding hydrogens is 380 g/mol. The van der Waals surface area contributed by atoms with E-state index in [2.05, 4.69) is 20.4 Å². The first-order chi connectivity index (χ1) is 14.0. The van der Waals surface area contributed by atoms with E-state index < -0.39 is 6.61 Å². The van der Waals surface area contributed by atoms with Crippen molar-refractivity contribution in [2.24, 2.45) is 4.99 Å². The summed E-state index contributed by atoms with van der Waals surface area (Å²) in [6, 6.07) is 12.7. The van der Waals surface area contributed by atoms with Crippen molar-refractivity contribution in [1.29, 1.82) is 0 Å². The molecule has 0 aliphatic carbocycles. The maximum atomic E-state index is 12.7. The second kappa shape index (κ2) is 11.9. The van der Waals surface area contributed by atoms with Gasteiger partial charge in [-0.25, -0.2) is 4.99 Å². The van der Waals surface area contributed by atoms with Crippen molar-refractivity contribution in [2.75, 3.05) is 20.8 Å². The summed E-state index contributed by atoms with van der Waals surface area (Å²) in [7, 11) is 3.18. The van der Waals surface area contributed by atoms with Crippen molar-refractivity contribution < 1.29 is 23.0 Å². The molecule has 0 aromatic heterocycles. The van der Waals surface area contributed by atoms with Gasteiger partial charge in [-0.3, -0.25) is 0 Å². The largest absolute Gasteiger partial charge is 0.497 e. The van der Waals surface area contributed by atoms with Gasteiger partial charge in [-0.05, 0) is 36.2 Å². The van der Waals surface area contributed by atoms with Crippen LogP contribution in [0.2, 0.25) is 0 Å². The van der Waals surface area contributed by atoms with Crippen molar-refractivity contribution in [3.63, 3.8) is 0 Å². The highest BCUT2D eigenvalue weighted by atomic mass is 19.3. The van der Waals surface area contributed by atoms with Gasteiger partial charge < -0.3 is 24.8 Å². The molecule has 158 valence electrons. The third-order valence-corrected chi connectivity index (χ3v) is 4.03. The fraction of sp³-hybridized carbons (Fsp3) is 0.381. The minimum Gasteiger partial charge on any atom is -0.497 e. The molecule has 0 bridgehead atoms. The number of ether oxygens (including phenoxy) is 3. The van der Waals surface area contributed by atoms with E-state index >= 15 is 0 Å². The predicted molar refractivity (Wildman–Crippen MR) is 108 cm³/mol. The lowest BCUT2D eigenvalue weighted by atomic mass is 10.1. The average molecular weight is 407 g/mol. The number of halogens is 2. The highest BCUT2D eigenvalue weighted by Crippen LogP contribution is 2.25. The average Bonchev–Trinajstić information content (AvgIpc) is 2.72. The van der Waals surface area contributed by atoms with E-state index in [0.29, 0.717) is 37.0 Å². The van der Waals surface area contributed by atoms with Gasteiger partial charge in [0.2, 0.25) is 0 Å². The van der Waals surface area contributed by atoms with E-state index in [-0.39, 0.29) is 12.3 Å². The molecule has 2 aromatic rings. The molecule has 0 amide bonds. The monoisotopic (exact) mass is 407 g/mol. The summed E-state index contributed by atoms with van der Waals surface area (Å²) in [6.07, 6.45) is 0. The smallest absolute Gasteiger partial charge is 0.387 e. The molecular formula is C21H27F2N3O3. The Bertz CT molecular complexity index is 783. The lowest BCUT2D eigenvalue weighted by Gasteiger charge is -2.15. The number of nitrogens with zero attached hydrogens (tertiary/aromatic N) is 1. The zero-order valence-electron chi connectivity index (χ0n) is 16.9. The number of nitrogens with one attached hydrogen (secondary N) is 2. The van der Waals surface area contributed by atoms with Gasteiger partial charge >= 0.3 is 6.61 Å². The number of aliphatic imine (C=N–C) groups is 1. The number of hydrogen-bond donors (Lipinski definition) is 2. The minimum atomic E-state index is -2.90. The second-order valence-electron chi connectivity index (χ2n) is 6.15. The lowest BCUT2D eigenvalue weighted by molar-refractivity contribution is -0.0504. The molecule has 2 N–H and O–H groups in total. The Morgan fingerprint density at radius 1 is 1.03 bits per heavy atom. The summed E-state index contributed by atoms with van der Waals surface area (Å²) < 4.78 is 40.2. The van der Waals surface area contributed by atoms with E-state index in [1.165, 1.54) is 13.2 Å². The van der Waals surface area contributed by atoms with Crippen molar-refractivity contribution in [1.82, 2.24) is 10.6 Å². The SMILES string of the molecule is CCNC(=NCc1ccc(COC)cc1)NCc1cc(OC)ccc1OC(F)F. The first-order valence-electron chi connectivity index (χ1n) is 9.26. The van der Waals surface area contributed by atoms with Crippen LogP contribution in [0.25, 0.3) is 0 Å². The van der Waals surface area contributed by atoms with Crippen molar-refractivity contribution in [3.8, 4) is 11.5 Å². The Morgan fingerprint density at radius 2 is 1.76 bits per heavy atom. The summed E-state index contributed by atoms with van der Waals surface area (Å²) in [5.41, 5.74) is 2.68. The fourth-order valence-electron chi connectivity index (χ4n) is 2.63. The van der Waals surface area contributed by atoms with Gasteiger partial charge in [-0.1, -0.05) is 24.3 Å². The van der Waals surface area contributed by atoms with Crippen molar-refractivity contribution >= 4 is 5.96 Å². The number of alkyl halides is 2. The molecule has 0 heterocycles. The van der Waals surface area contributed by atoms with E-state index in [0.717, 1.165) is 11.1 Å². The molecule has 0 spiro atoms. The van der Waals surface area contributed by atoms with E-state index in [1.54, 1.807) is 19.2 Å². The molecule has 0 aliphatic heterocycles. The fourth-order valence-corrected chi connectivity index (χ4v) is 2.63. The van der Waals surface area contributed by atoms with Crippen LogP contribution in [-0.4, -0.2) is 33.3 Å². The van der Waals surface area contributed by atoms with E-state index in [9.17, 15) is 8.78 Å². The molecule has 0 saturated heterocycles.